The average molecular weight is 240 g/mol. The molecule has 2 atom stereocenters. The summed E-state index contributed by atoms with van der Waals surface area (Å²) in [6, 6.07) is -0.705. The van der Waals surface area contributed by atoms with Crippen molar-refractivity contribution >= 4 is 17.8 Å². The lowest BCUT2D eigenvalue weighted by Gasteiger charge is -2.24. The van der Waals surface area contributed by atoms with Gasteiger partial charge in [-0.05, 0) is 12.8 Å². The number of amides is 2. The molecule has 6 nitrogen and oxygen atoms in total. The Labute approximate surface area is 99.2 Å². The molecule has 17 heavy (non-hydrogen) atoms. The van der Waals surface area contributed by atoms with Crippen LogP contribution in [-0.4, -0.2) is 58.9 Å². The van der Waals surface area contributed by atoms with Crippen molar-refractivity contribution in [3.63, 3.8) is 0 Å². The number of aliphatic carboxylic acids is 1. The van der Waals surface area contributed by atoms with Crippen LogP contribution in [-0.2, 0) is 14.4 Å². The zero-order valence-corrected chi connectivity index (χ0v) is 9.76. The molecule has 0 spiro atoms. The van der Waals surface area contributed by atoms with Crippen molar-refractivity contribution in [1.82, 2.24) is 9.80 Å². The molecule has 2 rings (SSSR count). The largest absolute Gasteiger partial charge is 0.480 e. The van der Waals surface area contributed by atoms with Crippen LogP contribution in [0.5, 0.6) is 0 Å². The molecule has 2 saturated heterocycles. The number of carboxylic acids is 1. The highest BCUT2D eigenvalue weighted by molar-refractivity contribution is 5.91. The lowest BCUT2D eigenvalue weighted by molar-refractivity contribution is -0.149. The van der Waals surface area contributed by atoms with E-state index in [0.717, 1.165) is 6.42 Å². The van der Waals surface area contributed by atoms with E-state index in [1.165, 1.54) is 9.80 Å². The molecule has 0 bridgehead atoms. The van der Waals surface area contributed by atoms with Crippen molar-refractivity contribution in [3.8, 4) is 0 Å². The molecular formula is C11H16N2O4. The van der Waals surface area contributed by atoms with Gasteiger partial charge in [-0.3, -0.25) is 9.59 Å². The summed E-state index contributed by atoms with van der Waals surface area (Å²) in [7, 11) is 1.66. The molecule has 2 aliphatic heterocycles. The van der Waals surface area contributed by atoms with Crippen molar-refractivity contribution < 1.29 is 19.5 Å². The maximum Gasteiger partial charge on any atom is 0.326 e. The van der Waals surface area contributed by atoms with Crippen LogP contribution in [0.3, 0.4) is 0 Å². The molecule has 0 aromatic carbocycles. The van der Waals surface area contributed by atoms with Crippen LogP contribution in [0.4, 0.5) is 0 Å². The Balaban J connectivity index is 2.05. The average Bonchev–Trinajstić information content (AvgIpc) is 2.85. The zero-order chi connectivity index (χ0) is 12.6. The molecule has 0 aromatic rings. The molecule has 0 aliphatic carbocycles. The molecule has 6 heteroatoms. The highest BCUT2D eigenvalue weighted by atomic mass is 16.4. The number of nitrogens with zero attached hydrogens (tertiary/aromatic N) is 2. The summed E-state index contributed by atoms with van der Waals surface area (Å²) >= 11 is 0. The van der Waals surface area contributed by atoms with Gasteiger partial charge in [0.15, 0.2) is 0 Å². The third-order valence-electron chi connectivity index (χ3n) is 3.51. The van der Waals surface area contributed by atoms with Gasteiger partial charge in [0.25, 0.3) is 0 Å². The number of carbonyl (C=O) groups is 3. The lowest BCUT2D eigenvalue weighted by atomic mass is 10.1. The minimum absolute atomic E-state index is 0.0468. The molecule has 1 N–H and O–H groups in total. The molecule has 2 fully saturated rings. The standard InChI is InChI=1S/C11H16N2O4/c1-12-6-7(5-9(12)14)10(15)13-4-2-3-8(13)11(16)17/h7-8H,2-6H2,1H3,(H,16,17)/t7?,8-/m1/s1. The molecule has 94 valence electrons. The lowest BCUT2D eigenvalue weighted by Crippen LogP contribution is -2.44. The summed E-state index contributed by atoms with van der Waals surface area (Å²) in [5.41, 5.74) is 0. The van der Waals surface area contributed by atoms with Crippen molar-refractivity contribution in [2.75, 3.05) is 20.1 Å². The van der Waals surface area contributed by atoms with Gasteiger partial charge < -0.3 is 14.9 Å². The van der Waals surface area contributed by atoms with E-state index in [0.29, 0.717) is 19.5 Å². The van der Waals surface area contributed by atoms with Crippen LogP contribution in [0.25, 0.3) is 0 Å². The number of carbonyl (C=O) groups excluding carboxylic acids is 2. The summed E-state index contributed by atoms with van der Waals surface area (Å²) in [5.74, 6) is -1.55. The molecule has 2 heterocycles. The quantitative estimate of drug-likeness (QED) is 0.708. The van der Waals surface area contributed by atoms with Crippen molar-refractivity contribution in [1.29, 1.82) is 0 Å². The third-order valence-corrected chi connectivity index (χ3v) is 3.51. The van der Waals surface area contributed by atoms with Crippen LogP contribution in [0.2, 0.25) is 0 Å². The summed E-state index contributed by atoms with van der Waals surface area (Å²) in [6.45, 7) is 0.894. The first kappa shape index (κ1) is 11.9. The van der Waals surface area contributed by atoms with E-state index in [4.69, 9.17) is 5.11 Å². The highest BCUT2D eigenvalue weighted by Gasteiger charge is 2.40. The predicted octanol–water partition coefficient (Wildman–Crippen LogP) is -0.460. The number of carboxylic acid groups (broad SMARTS) is 1. The Kier molecular flexibility index (Phi) is 3.04. The second kappa shape index (κ2) is 4.35. The summed E-state index contributed by atoms with van der Waals surface area (Å²) in [5, 5.41) is 9.01. The monoisotopic (exact) mass is 240 g/mol. The molecular weight excluding hydrogens is 224 g/mol. The number of hydrogen-bond donors (Lipinski definition) is 1. The predicted molar refractivity (Wildman–Crippen MR) is 58.1 cm³/mol. The minimum Gasteiger partial charge on any atom is -0.480 e. The molecule has 0 radical (unpaired) electrons. The fourth-order valence-electron chi connectivity index (χ4n) is 2.55. The highest BCUT2D eigenvalue weighted by Crippen LogP contribution is 2.24. The normalized spacial score (nSPS) is 28.9. The van der Waals surface area contributed by atoms with Gasteiger partial charge in [0.2, 0.25) is 11.8 Å². The first-order valence-electron chi connectivity index (χ1n) is 5.78. The van der Waals surface area contributed by atoms with Gasteiger partial charge >= 0.3 is 5.97 Å². The van der Waals surface area contributed by atoms with Crippen molar-refractivity contribution in [2.24, 2.45) is 5.92 Å². The maximum absolute atomic E-state index is 12.1. The van der Waals surface area contributed by atoms with Crippen molar-refractivity contribution in [3.05, 3.63) is 0 Å². The summed E-state index contributed by atoms with van der Waals surface area (Å²) in [4.78, 5) is 37.4. The van der Waals surface area contributed by atoms with E-state index >= 15 is 0 Å². The number of hydrogen-bond acceptors (Lipinski definition) is 3. The van der Waals surface area contributed by atoms with Gasteiger partial charge in [0.05, 0.1) is 5.92 Å². The van der Waals surface area contributed by atoms with E-state index in [-0.39, 0.29) is 24.2 Å². The van der Waals surface area contributed by atoms with E-state index in [9.17, 15) is 14.4 Å². The molecule has 2 aliphatic rings. The summed E-state index contributed by atoms with van der Waals surface area (Å²) < 4.78 is 0. The van der Waals surface area contributed by atoms with Crippen LogP contribution in [0, 0.1) is 5.92 Å². The minimum atomic E-state index is -0.950. The van der Waals surface area contributed by atoms with E-state index in [1.807, 2.05) is 0 Å². The maximum atomic E-state index is 12.1. The molecule has 0 saturated carbocycles. The van der Waals surface area contributed by atoms with Crippen LogP contribution in [0.1, 0.15) is 19.3 Å². The second-order valence-electron chi connectivity index (χ2n) is 4.70. The molecule has 2 amide bonds. The Morgan fingerprint density at radius 2 is 2.12 bits per heavy atom. The van der Waals surface area contributed by atoms with E-state index in [1.54, 1.807) is 7.05 Å². The Morgan fingerprint density at radius 1 is 1.41 bits per heavy atom. The van der Waals surface area contributed by atoms with Gasteiger partial charge in [-0.15, -0.1) is 0 Å². The van der Waals surface area contributed by atoms with Crippen LogP contribution < -0.4 is 0 Å². The third kappa shape index (κ3) is 2.11. The van der Waals surface area contributed by atoms with Gasteiger partial charge in [-0.25, -0.2) is 4.79 Å². The second-order valence-corrected chi connectivity index (χ2v) is 4.70. The Hall–Kier alpha value is -1.59. The van der Waals surface area contributed by atoms with Gasteiger partial charge in [-0.2, -0.15) is 0 Å². The number of likely N-dealkylation sites (tertiary alicyclic amines) is 2. The number of rotatable bonds is 2. The first-order chi connectivity index (χ1) is 8.00. The van der Waals surface area contributed by atoms with Crippen LogP contribution in [0.15, 0.2) is 0 Å². The fraction of sp³-hybridized carbons (Fsp3) is 0.727. The van der Waals surface area contributed by atoms with Crippen LogP contribution >= 0.6 is 0 Å². The van der Waals surface area contributed by atoms with Gasteiger partial charge in [0, 0.05) is 26.6 Å². The topological polar surface area (TPSA) is 77.9 Å². The smallest absolute Gasteiger partial charge is 0.326 e. The fourth-order valence-corrected chi connectivity index (χ4v) is 2.55. The molecule has 1 unspecified atom stereocenters. The van der Waals surface area contributed by atoms with E-state index in [2.05, 4.69) is 0 Å². The Bertz CT molecular complexity index is 368. The Morgan fingerprint density at radius 3 is 2.65 bits per heavy atom. The van der Waals surface area contributed by atoms with Crippen molar-refractivity contribution in [2.45, 2.75) is 25.3 Å². The van der Waals surface area contributed by atoms with E-state index < -0.39 is 12.0 Å². The summed E-state index contributed by atoms with van der Waals surface area (Å²) in [6.07, 6.45) is 1.44. The van der Waals surface area contributed by atoms with Gasteiger partial charge in [0.1, 0.15) is 6.04 Å². The van der Waals surface area contributed by atoms with Gasteiger partial charge in [-0.1, -0.05) is 0 Å². The first-order valence-corrected chi connectivity index (χ1v) is 5.78. The zero-order valence-electron chi connectivity index (χ0n) is 9.76. The molecule has 0 aromatic heterocycles. The SMILES string of the molecule is CN1CC(C(=O)N2CCC[C@@H]2C(=O)O)CC1=O.